The maximum absolute atomic E-state index is 13.2. The maximum Gasteiger partial charge on any atom is 0.261 e. The average molecular weight is 306 g/mol. The van der Waals surface area contributed by atoms with E-state index >= 15 is 0 Å². The lowest BCUT2D eigenvalue weighted by Gasteiger charge is -2.22. The Morgan fingerprint density at radius 3 is 3.14 bits per heavy atom. The van der Waals surface area contributed by atoms with Gasteiger partial charge in [-0.05, 0) is 61.9 Å². The zero-order valence-electron chi connectivity index (χ0n) is 11.8. The monoisotopic (exact) mass is 306 g/mol. The highest BCUT2D eigenvalue weighted by Crippen LogP contribution is 2.26. The predicted octanol–water partition coefficient (Wildman–Crippen LogP) is 3.16. The van der Waals surface area contributed by atoms with Crippen LogP contribution in [0.1, 0.15) is 28.9 Å². The van der Waals surface area contributed by atoms with Gasteiger partial charge in [-0.1, -0.05) is 6.07 Å². The van der Waals surface area contributed by atoms with Gasteiger partial charge in [0.2, 0.25) is 0 Å². The number of nitrogens with one attached hydrogen (secondary N) is 2. The number of hydrogen-bond acceptors (Lipinski definition) is 3. The highest BCUT2D eigenvalue weighted by atomic mass is 32.1. The van der Waals surface area contributed by atoms with E-state index in [0.29, 0.717) is 17.3 Å². The van der Waals surface area contributed by atoms with E-state index in [0.717, 1.165) is 29.6 Å². The molecule has 0 bridgehead atoms. The topological polar surface area (TPSA) is 41.1 Å². The molecular formula is C16H19FN2OS. The average Bonchev–Trinajstić information content (AvgIpc) is 2.91. The van der Waals surface area contributed by atoms with Gasteiger partial charge in [0, 0.05) is 11.2 Å². The molecule has 2 aromatic rings. The Morgan fingerprint density at radius 1 is 1.43 bits per heavy atom. The minimum absolute atomic E-state index is 0.0552. The van der Waals surface area contributed by atoms with E-state index in [1.165, 1.54) is 36.3 Å². The molecule has 112 valence electrons. The zero-order valence-corrected chi connectivity index (χ0v) is 12.6. The lowest BCUT2D eigenvalue weighted by molar-refractivity contribution is 0.0955. The molecule has 1 aromatic carbocycles. The molecule has 2 N–H and O–H groups in total. The number of rotatable bonds is 4. The summed E-state index contributed by atoms with van der Waals surface area (Å²) in [5, 5.41) is 7.27. The standard InChI is InChI=1S/C16H19FN2OS/c17-13-4-3-12-8-15(21-14(12)9-13)16(20)19-7-5-11-2-1-6-18-10-11/h3-4,8-9,11,18H,1-2,5-7,10H2,(H,19,20). The number of hydrogen-bond donors (Lipinski definition) is 2. The van der Waals surface area contributed by atoms with E-state index in [1.54, 1.807) is 6.07 Å². The summed E-state index contributed by atoms with van der Waals surface area (Å²) in [6.45, 7) is 2.87. The first-order chi connectivity index (χ1) is 10.2. The lowest BCUT2D eigenvalue weighted by Crippen LogP contribution is -2.33. The van der Waals surface area contributed by atoms with E-state index < -0.39 is 0 Å². The molecule has 1 unspecified atom stereocenters. The van der Waals surface area contributed by atoms with E-state index in [2.05, 4.69) is 10.6 Å². The molecule has 21 heavy (non-hydrogen) atoms. The second kappa shape index (κ2) is 6.54. The molecule has 1 atom stereocenters. The minimum Gasteiger partial charge on any atom is -0.351 e. The summed E-state index contributed by atoms with van der Waals surface area (Å²) in [7, 11) is 0. The molecule has 3 rings (SSSR count). The van der Waals surface area contributed by atoms with Crippen molar-refractivity contribution in [3.05, 3.63) is 35.0 Å². The number of piperidine rings is 1. The van der Waals surface area contributed by atoms with Crippen molar-refractivity contribution in [1.82, 2.24) is 10.6 Å². The first kappa shape index (κ1) is 14.5. The first-order valence-corrected chi connectivity index (χ1v) is 8.22. The summed E-state index contributed by atoms with van der Waals surface area (Å²) in [6, 6.07) is 6.44. The van der Waals surface area contributed by atoms with Crippen molar-refractivity contribution in [1.29, 1.82) is 0 Å². The van der Waals surface area contributed by atoms with Crippen LogP contribution in [0.2, 0.25) is 0 Å². The molecule has 1 amide bonds. The fourth-order valence-corrected chi connectivity index (χ4v) is 3.77. The molecular weight excluding hydrogens is 287 g/mol. The largest absolute Gasteiger partial charge is 0.351 e. The minimum atomic E-state index is -0.263. The molecule has 2 heterocycles. The molecule has 1 aliphatic rings. The summed E-state index contributed by atoms with van der Waals surface area (Å²) in [6.07, 6.45) is 3.48. The van der Waals surface area contributed by atoms with Crippen molar-refractivity contribution in [2.75, 3.05) is 19.6 Å². The second-order valence-corrected chi connectivity index (χ2v) is 6.63. The van der Waals surface area contributed by atoms with Gasteiger partial charge in [-0.15, -0.1) is 11.3 Å². The summed E-state index contributed by atoms with van der Waals surface area (Å²) in [5.74, 6) is 0.344. The summed E-state index contributed by atoms with van der Waals surface area (Å²) in [5.41, 5.74) is 0. The van der Waals surface area contributed by atoms with Gasteiger partial charge in [0.05, 0.1) is 4.88 Å². The van der Waals surface area contributed by atoms with Gasteiger partial charge in [0.25, 0.3) is 5.91 Å². The third-order valence-electron chi connectivity index (χ3n) is 3.94. The van der Waals surface area contributed by atoms with Crippen molar-refractivity contribution in [3.8, 4) is 0 Å². The molecule has 1 saturated heterocycles. The number of carbonyl (C=O) groups is 1. The summed E-state index contributed by atoms with van der Waals surface area (Å²) < 4.78 is 14.0. The van der Waals surface area contributed by atoms with Crippen LogP contribution in [0, 0.1) is 11.7 Å². The Kier molecular flexibility index (Phi) is 4.51. The van der Waals surface area contributed by atoms with Crippen molar-refractivity contribution < 1.29 is 9.18 Å². The van der Waals surface area contributed by atoms with Gasteiger partial charge in [0.15, 0.2) is 0 Å². The smallest absolute Gasteiger partial charge is 0.261 e. The van der Waals surface area contributed by atoms with Crippen LogP contribution >= 0.6 is 11.3 Å². The van der Waals surface area contributed by atoms with Crippen LogP contribution in [-0.2, 0) is 0 Å². The normalized spacial score (nSPS) is 18.8. The van der Waals surface area contributed by atoms with Crippen LogP contribution in [0.15, 0.2) is 24.3 Å². The number of benzene rings is 1. The maximum atomic E-state index is 13.2. The molecule has 0 aliphatic carbocycles. The van der Waals surface area contributed by atoms with Gasteiger partial charge >= 0.3 is 0 Å². The third kappa shape index (κ3) is 3.60. The SMILES string of the molecule is O=C(NCCC1CCCNC1)c1cc2ccc(F)cc2s1. The van der Waals surface area contributed by atoms with Crippen LogP contribution in [0.4, 0.5) is 4.39 Å². The Bertz CT molecular complexity index is 634. The molecule has 0 radical (unpaired) electrons. The van der Waals surface area contributed by atoms with Crippen LogP contribution < -0.4 is 10.6 Å². The van der Waals surface area contributed by atoms with E-state index in [9.17, 15) is 9.18 Å². The third-order valence-corrected chi connectivity index (χ3v) is 5.04. The van der Waals surface area contributed by atoms with Gasteiger partial charge in [0.1, 0.15) is 5.82 Å². The number of amides is 1. The Labute approximate surface area is 127 Å². The Balaban J connectivity index is 1.56. The molecule has 1 fully saturated rings. The van der Waals surface area contributed by atoms with Crippen molar-refractivity contribution in [2.45, 2.75) is 19.3 Å². The van der Waals surface area contributed by atoms with Gasteiger partial charge in [-0.25, -0.2) is 4.39 Å². The summed E-state index contributed by atoms with van der Waals surface area (Å²) >= 11 is 1.34. The summed E-state index contributed by atoms with van der Waals surface area (Å²) in [4.78, 5) is 12.8. The van der Waals surface area contributed by atoms with Crippen LogP contribution in [-0.4, -0.2) is 25.5 Å². The van der Waals surface area contributed by atoms with E-state index in [4.69, 9.17) is 0 Å². The molecule has 1 aliphatic heterocycles. The second-order valence-electron chi connectivity index (χ2n) is 5.55. The molecule has 0 saturated carbocycles. The predicted molar refractivity (Wildman–Crippen MR) is 84.3 cm³/mol. The van der Waals surface area contributed by atoms with Gasteiger partial charge in [-0.2, -0.15) is 0 Å². The number of thiophene rings is 1. The van der Waals surface area contributed by atoms with Gasteiger partial charge < -0.3 is 10.6 Å². The number of halogens is 1. The highest BCUT2D eigenvalue weighted by molar-refractivity contribution is 7.20. The van der Waals surface area contributed by atoms with Crippen LogP contribution in [0.5, 0.6) is 0 Å². The zero-order chi connectivity index (χ0) is 14.7. The van der Waals surface area contributed by atoms with Crippen LogP contribution in [0.3, 0.4) is 0 Å². The van der Waals surface area contributed by atoms with E-state index in [-0.39, 0.29) is 11.7 Å². The molecule has 5 heteroatoms. The number of carbonyl (C=O) groups excluding carboxylic acids is 1. The fraction of sp³-hybridized carbons (Fsp3) is 0.438. The number of fused-ring (bicyclic) bond motifs is 1. The van der Waals surface area contributed by atoms with Crippen molar-refractivity contribution in [3.63, 3.8) is 0 Å². The Hall–Kier alpha value is -1.46. The Morgan fingerprint density at radius 2 is 2.33 bits per heavy atom. The quantitative estimate of drug-likeness (QED) is 0.911. The van der Waals surface area contributed by atoms with E-state index in [1.807, 2.05) is 6.07 Å². The lowest BCUT2D eigenvalue weighted by atomic mass is 9.96. The first-order valence-electron chi connectivity index (χ1n) is 7.40. The molecule has 1 aromatic heterocycles. The fourth-order valence-electron chi connectivity index (χ4n) is 2.76. The van der Waals surface area contributed by atoms with Crippen LogP contribution in [0.25, 0.3) is 10.1 Å². The highest BCUT2D eigenvalue weighted by Gasteiger charge is 2.14. The van der Waals surface area contributed by atoms with Crippen molar-refractivity contribution >= 4 is 27.3 Å². The van der Waals surface area contributed by atoms with Gasteiger partial charge in [-0.3, -0.25) is 4.79 Å². The van der Waals surface area contributed by atoms with Crippen molar-refractivity contribution in [2.24, 2.45) is 5.92 Å². The molecule has 3 nitrogen and oxygen atoms in total. The molecule has 0 spiro atoms.